The lowest BCUT2D eigenvalue weighted by Crippen LogP contribution is -2.04. The van der Waals surface area contributed by atoms with Crippen LogP contribution in [0, 0.1) is 0 Å². The highest BCUT2D eigenvalue weighted by Gasteiger charge is 2.04. The van der Waals surface area contributed by atoms with E-state index in [1.807, 2.05) is 18.2 Å². The highest BCUT2D eigenvalue weighted by atomic mass is 32.2. The lowest BCUT2D eigenvalue weighted by molar-refractivity contribution is -0.125. The zero-order chi connectivity index (χ0) is 11.8. The second-order valence-electron chi connectivity index (χ2n) is 3.68. The van der Waals surface area contributed by atoms with Crippen LogP contribution in [0.4, 0.5) is 0 Å². The molecule has 0 N–H and O–H groups in total. The number of hydrogen-bond donors (Lipinski definition) is 0. The molecule has 0 radical (unpaired) electrons. The molecule has 1 aromatic carbocycles. The molecule has 0 atom stereocenters. The van der Waals surface area contributed by atoms with Gasteiger partial charge in [-0.05, 0) is 31.2 Å². The molecule has 0 amide bonds. The Balaban J connectivity index is 2.13. The van der Waals surface area contributed by atoms with Gasteiger partial charge in [0.1, 0.15) is 11.6 Å². The molecule has 1 rings (SSSR count). The number of carbonyl (C=O) groups excluding carboxylic acids is 2. The summed E-state index contributed by atoms with van der Waals surface area (Å²) in [5, 5.41) is 0. The van der Waals surface area contributed by atoms with Crippen molar-refractivity contribution in [3.63, 3.8) is 0 Å². The number of benzene rings is 1. The Morgan fingerprint density at radius 2 is 1.88 bits per heavy atom. The summed E-state index contributed by atoms with van der Waals surface area (Å²) in [7, 11) is 0. The third-order valence-electron chi connectivity index (χ3n) is 2.06. The second-order valence-corrected chi connectivity index (χ2v) is 4.85. The number of carbonyl (C=O) groups is 2. The Kier molecular flexibility index (Phi) is 5.86. The number of Topliss-reactive ketones (excluding diaryl/α,β-unsaturated/α-hetero) is 2. The van der Waals surface area contributed by atoms with Gasteiger partial charge in [0.25, 0.3) is 0 Å². The highest BCUT2D eigenvalue weighted by Crippen LogP contribution is 2.18. The van der Waals surface area contributed by atoms with Crippen molar-refractivity contribution in [1.29, 1.82) is 0 Å². The summed E-state index contributed by atoms with van der Waals surface area (Å²) in [5.74, 6) is 0.940. The summed E-state index contributed by atoms with van der Waals surface area (Å²) < 4.78 is 0. The van der Waals surface area contributed by atoms with Gasteiger partial charge in [0.15, 0.2) is 0 Å². The van der Waals surface area contributed by atoms with Gasteiger partial charge in [0.05, 0.1) is 6.42 Å². The molecule has 0 unspecified atom stereocenters. The van der Waals surface area contributed by atoms with Crippen LogP contribution in [-0.2, 0) is 9.59 Å². The van der Waals surface area contributed by atoms with E-state index < -0.39 is 0 Å². The molecule has 0 saturated heterocycles. The largest absolute Gasteiger partial charge is 0.300 e. The Morgan fingerprint density at radius 1 is 1.19 bits per heavy atom. The fourth-order valence-electron chi connectivity index (χ4n) is 1.34. The van der Waals surface area contributed by atoms with Crippen molar-refractivity contribution in [3.8, 4) is 0 Å². The first-order chi connectivity index (χ1) is 7.68. The lowest BCUT2D eigenvalue weighted by atomic mass is 10.1. The van der Waals surface area contributed by atoms with Crippen LogP contribution in [0.25, 0.3) is 0 Å². The van der Waals surface area contributed by atoms with Gasteiger partial charge >= 0.3 is 0 Å². The van der Waals surface area contributed by atoms with Crippen molar-refractivity contribution < 1.29 is 9.59 Å². The van der Waals surface area contributed by atoms with E-state index in [2.05, 4.69) is 12.1 Å². The number of thioether (sulfide) groups is 1. The van der Waals surface area contributed by atoms with Crippen molar-refractivity contribution in [2.75, 3.05) is 5.75 Å². The van der Waals surface area contributed by atoms with Crippen LogP contribution in [0.3, 0.4) is 0 Å². The standard InChI is InChI=1S/C13H16O2S/c1-11(14)10-12(15)6-5-9-16-13-7-3-2-4-8-13/h2-4,7-8H,5-6,9-10H2,1H3. The van der Waals surface area contributed by atoms with Gasteiger partial charge in [-0.1, -0.05) is 18.2 Å². The SMILES string of the molecule is CC(=O)CC(=O)CCCSc1ccccc1. The first kappa shape index (κ1) is 13.0. The molecular weight excluding hydrogens is 220 g/mol. The molecule has 0 aliphatic heterocycles. The van der Waals surface area contributed by atoms with E-state index in [0.29, 0.717) is 6.42 Å². The smallest absolute Gasteiger partial charge is 0.140 e. The summed E-state index contributed by atoms with van der Waals surface area (Å²) in [6.45, 7) is 1.45. The summed E-state index contributed by atoms with van der Waals surface area (Å²) >= 11 is 1.74. The molecule has 0 aromatic heterocycles. The predicted octanol–water partition coefficient (Wildman–Crippen LogP) is 3.11. The molecule has 0 aliphatic carbocycles. The normalized spacial score (nSPS) is 10.1. The summed E-state index contributed by atoms with van der Waals surface area (Å²) in [6, 6.07) is 10.1. The summed E-state index contributed by atoms with van der Waals surface area (Å²) in [6.07, 6.45) is 1.45. The molecule has 2 nitrogen and oxygen atoms in total. The fourth-order valence-corrected chi connectivity index (χ4v) is 2.22. The van der Waals surface area contributed by atoms with Crippen molar-refractivity contribution in [2.45, 2.75) is 31.1 Å². The minimum Gasteiger partial charge on any atom is -0.300 e. The van der Waals surface area contributed by atoms with Crippen molar-refractivity contribution in [2.24, 2.45) is 0 Å². The number of rotatable bonds is 7. The average Bonchev–Trinajstić information content (AvgIpc) is 2.25. The van der Waals surface area contributed by atoms with Crippen molar-refractivity contribution in [1.82, 2.24) is 0 Å². The Morgan fingerprint density at radius 3 is 2.50 bits per heavy atom. The van der Waals surface area contributed by atoms with Crippen LogP contribution in [0.1, 0.15) is 26.2 Å². The lowest BCUT2D eigenvalue weighted by Gasteiger charge is -2.00. The highest BCUT2D eigenvalue weighted by molar-refractivity contribution is 7.99. The van der Waals surface area contributed by atoms with Gasteiger partial charge in [-0.15, -0.1) is 11.8 Å². The maximum atomic E-state index is 11.2. The predicted molar refractivity (Wildman–Crippen MR) is 66.7 cm³/mol. The van der Waals surface area contributed by atoms with Gasteiger partial charge in [0.2, 0.25) is 0 Å². The van der Waals surface area contributed by atoms with Crippen LogP contribution >= 0.6 is 11.8 Å². The fraction of sp³-hybridized carbons (Fsp3) is 0.385. The zero-order valence-corrected chi connectivity index (χ0v) is 10.3. The van der Waals surface area contributed by atoms with Crippen LogP contribution in [0.2, 0.25) is 0 Å². The van der Waals surface area contributed by atoms with E-state index in [-0.39, 0.29) is 18.0 Å². The van der Waals surface area contributed by atoms with Gasteiger partial charge in [-0.25, -0.2) is 0 Å². The molecule has 0 aliphatic rings. The van der Waals surface area contributed by atoms with E-state index in [0.717, 1.165) is 12.2 Å². The molecule has 86 valence electrons. The van der Waals surface area contributed by atoms with E-state index in [4.69, 9.17) is 0 Å². The molecule has 0 saturated carbocycles. The van der Waals surface area contributed by atoms with Crippen LogP contribution in [0.15, 0.2) is 35.2 Å². The summed E-state index contributed by atoms with van der Waals surface area (Å²) in [5.41, 5.74) is 0. The number of hydrogen-bond acceptors (Lipinski definition) is 3. The molecule has 3 heteroatoms. The molecule has 0 heterocycles. The average molecular weight is 236 g/mol. The molecular formula is C13H16O2S. The monoisotopic (exact) mass is 236 g/mol. The van der Waals surface area contributed by atoms with Gasteiger partial charge < -0.3 is 0 Å². The third-order valence-corrected chi connectivity index (χ3v) is 3.16. The van der Waals surface area contributed by atoms with E-state index in [9.17, 15) is 9.59 Å². The van der Waals surface area contributed by atoms with Crippen molar-refractivity contribution in [3.05, 3.63) is 30.3 Å². The van der Waals surface area contributed by atoms with Gasteiger partial charge in [0, 0.05) is 11.3 Å². The molecule has 1 aromatic rings. The Bertz CT molecular complexity index is 346. The zero-order valence-electron chi connectivity index (χ0n) is 9.44. The summed E-state index contributed by atoms with van der Waals surface area (Å²) in [4.78, 5) is 23.1. The maximum absolute atomic E-state index is 11.2. The van der Waals surface area contributed by atoms with E-state index in [1.54, 1.807) is 11.8 Å². The molecule has 16 heavy (non-hydrogen) atoms. The minimum atomic E-state index is -0.0410. The molecule has 0 fully saturated rings. The Hall–Kier alpha value is -1.09. The third kappa shape index (κ3) is 5.71. The number of ketones is 2. The van der Waals surface area contributed by atoms with Crippen LogP contribution in [0.5, 0.6) is 0 Å². The first-order valence-electron chi connectivity index (χ1n) is 5.37. The first-order valence-corrected chi connectivity index (χ1v) is 6.36. The van der Waals surface area contributed by atoms with Crippen LogP contribution in [-0.4, -0.2) is 17.3 Å². The van der Waals surface area contributed by atoms with E-state index in [1.165, 1.54) is 11.8 Å². The van der Waals surface area contributed by atoms with Gasteiger partial charge in [-0.3, -0.25) is 9.59 Å². The minimum absolute atomic E-state index is 0.0410. The quantitative estimate of drug-likeness (QED) is 0.414. The Labute approximate surface area is 100 Å². The van der Waals surface area contributed by atoms with Gasteiger partial charge in [-0.2, -0.15) is 0 Å². The molecule has 0 spiro atoms. The molecule has 0 bridgehead atoms. The van der Waals surface area contributed by atoms with Crippen molar-refractivity contribution >= 4 is 23.3 Å². The topological polar surface area (TPSA) is 34.1 Å². The van der Waals surface area contributed by atoms with Crippen LogP contribution < -0.4 is 0 Å². The second kappa shape index (κ2) is 7.23. The maximum Gasteiger partial charge on any atom is 0.140 e. The van der Waals surface area contributed by atoms with E-state index >= 15 is 0 Å².